The van der Waals surface area contributed by atoms with E-state index in [-0.39, 0.29) is 16.8 Å². The molecule has 29 heavy (non-hydrogen) atoms. The van der Waals surface area contributed by atoms with Crippen molar-refractivity contribution in [3.63, 3.8) is 0 Å². The third-order valence-electron chi connectivity index (χ3n) is 4.54. The van der Waals surface area contributed by atoms with Crippen LogP contribution < -0.4 is 10.6 Å². The summed E-state index contributed by atoms with van der Waals surface area (Å²) in [6, 6.07) is 6.67. The Bertz CT molecular complexity index is 1110. The Hall–Kier alpha value is -3.75. The number of anilines is 1. The summed E-state index contributed by atoms with van der Waals surface area (Å²) in [4.78, 5) is 25.1. The highest BCUT2D eigenvalue weighted by molar-refractivity contribution is 6.11. The van der Waals surface area contributed by atoms with E-state index in [1.807, 2.05) is 0 Å². The van der Waals surface area contributed by atoms with Crippen LogP contribution in [0.25, 0.3) is 0 Å². The van der Waals surface area contributed by atoms with E-state index >= 15 is 0 Å². The summed E-state index contributed by atoms with van der Waals surface area (Å²) in [5, 5.41) is 12.9. The molecule has 0 bridgehead atoms. The molecular weight excluding hydrogens is 385 g/mol. The summed E-state index contributed by atoms with van der Waals surface area (Å²) in [5.74, 6) is -5.19. The van der Waals surface area contributed by atoms with Gasteiger partial charge in [0.2, 0.25) is 0 Å². The van der Waals surface area contributed by atoms with Gasteiger partial charge in [0.05, 0.1) is 11.5 Å². The molecule has 0 radical (unpaired) electrons. The highest BCUT2D eigenvalue weighted by Gasteiger charge is 2.35. The maximum Gasteiger partial charge on any atom is 0.255 e. The minimum absolute atomic E-state index is 0.00847. The summed E-state index contributed by atoms with van der Waals surface area (Å²) in [6.45, 7) is 0. The summed E-state index contributed by atoms with van der Waals surface area (Å²) in [5.41, 5.74) is -0.490. The summed E-state index contributed by atoms with van der Waals surface area (Å²) in [6.07, 6.45) is 3.96. The van der Waals surface area contributed by atoms with E-state index in [4.69, 9.17) is 0 Å². The average molecular weight is 398 g/mol. The molecule has 2 unspecified atom stereocenters. The summed E-state index contributed by atoms with van der Waals surface area (Å²) < 4.78 is 41.8. The number of carbonyl (C=O) groups is 2. The highest BCUT2D eigenvalue weighted by atomic mass is 19.2. The second-order valence-electron chi connectivity index (χ2n) is 6.42. The average Bonchev–Trinajstić information content (AvgIpc) is 3.14. The Morgan fingerprint density at radius 3 is 2.72 bits per heavy atom. The first-order valence-corrected chi connectivity index (χ1v) is 8.57. The first kappa shape index (κ1) is 18.6. The fourth-order valence-corrected chi connectivity index (χ4v) is 3.13. The molecule has 2 aromatic carbocycles. The molecule has 0 fully saturated rings. The molecular formula is C20H13F3N4O2. The van der Waals surface area contributed by atoms with Gasteiger partial charge in [0.1, 0.15) is 12.0 Å². The van der Waals surface area contributed by atoms with E-state index in [1.165, 1.54) is 30.6 Å². The number of rotatable bonds is 4. The largest absolute Gasteiger partial charge is 0.367 e. The molecule has 0 saturated carbocycles. The van der Waals surface area contributed by atoms with Crippen molar-refractivity contribution in [3.05, 3.63) is 89.0 Å². The van der Waals surface area contributed by atoms with Crippen molar-refractivity contribution in [1.29, 1.82) is 0 Å². The van der Waals surface area contributed by atoms with Crippen LogP contribution in [0.1, 0.15) is 20.7 Å². The van der Waals surface area contributed by atoms with Crippen LogP contribution in [-0.2, 0) is 0 Å². The van der Waals surface area contributed by atoms with Crippen LogP contribution in [0.4, 0.5) is 18.9 Å². The number of halogens is 3. The Kier molecular flexibility index (Phi) is 4.71. The van der Waals surface area contributed by atoms with Gasteiger partial charge < -0.3 is 10.6 Å². The lowest BCUT2D eigenvalue weighted by molar-refractivity contribution is 0.101. The predicted octanol–water partition coefficient (Wildman–Crippen LogP) is 3.95. The van der Waals surface area contributed by atoms with Crippen molar-refractivity contribution in [3.8, 4) is 0 Å². The van der Waals surface area contributed by atoms with Crippen LogP contribution in [0.15, 0.2) is 70.7 Å². The number of nitrogens with zero attached hydrogens (tertiary/aromatic N) is 2. The fraction of sp³-hybridized carbons (Fsp3) is 0.100. The normalized spacial score (nSPS) is 19.3. The van der Waals surface area contributed by atoms with E-state index in [0.29, 0.717) is 0 Å². The molecule has 146 valence electrons. The molecule has 2 aliphatic heterocycles. The van der Waals surface area contributed by atoms with Gasteiger partial charge in [0, 0.05) is 35.3 Å². The smallest absolute Gasteiger partial charge is 0.255 e. The Morgan fingerprint density at radius 1 is 1.10 bits per heavy atom. The van der Waals surface area contributed by atoms with Crippen molar-refractivity contribution < 1.29 is 22.8 Å². The zero-order chi connectivity index (χ0) is 20.5. The van der Waals surface area contributed by atoms with Crippen molar-refractivity contribution >= 4 is 17.4 Å². The predicted molar refractivity (Wildman–Crippen MR) is 97.5 cm³/mol. The van der Waals surface area contributed by atoms with Gasteiger partial charge in [-0.2, -0.15) is 10.2 Å². The third kappa shape index (κ3) is 3.54. The molecule has 9 heteroatoms. The minimum Gasteiger partial charge on any atom is -0.367 e. The number of hydrogen-bond acceptors (Lipinski definition) is 5. The number of benzene rings is 2. The molecule has 2 aromatic rings. The summed E-state index contributed by atoms with van der Waals surface area (Å²) in [7, 11) is 0. The minimum atomic E-state index is -1.33. The number of nitrogens with one attached hydrogen (secondary N) is 2. The Balaban J connectivity index is 1.62. The van der Waals surface area contributed by atoms with Crippen LogP contribution in [0.2, 0.25) is 0 Å². The van der Waals surface area contributed by atoms with Crippen LogP contribution in [-0.4, -0.2) is 17.9 Å². The lowest BCUT2D eigenvalue weighted by Gasteiger charge is -2.17. The number of amides is 1. The monoisotopic (exact) mass is 398 g/mol. The molecule has 2 heterocycles. The van der Waals surface area contributed by atoms with Crippen molar-refractivity contribution in [1.82, 2.24) is 5.32 Å². The van der Waals surface area contributed by atoms with Gasteiger partial charge in [-0.1, -0.05) is 12.1 Å². The second kappa shape index (κ2) is 7.34. The topological polar surface area (TPSA) is 82.9 Å². The number of carbonyl (C=O) groups excluding carboxylic acids is 2. The molecule has 2 atom stereocenters. The molecule has 0 aromatic heterocycles. The number of azo groups is 1. The van der Waals surface area contributed by atoms with Gasteiger partial charge in [-0.3, -0.25) is 9.59 Å². The van der Waals surface area contributed by atoms with Crippen molar-refractivity contribution in [2.45, 2.75) is 6.17 Å². The summed E-state index contributed by atoms with van der Waals surface area (Å²) >= 11 is 0. The first-order valence-electron chi connectivity index (χ1n) is 8.57. The molecule has 0 saturated heterocycles. The number of Topliss-reactive ketones (excluding diaryl/α,β-unsaturated/α-hetero) is 1. The Morgan fingerprint density at radius 2 is 1.93 bits per heavy atom. The van der Waals surface area contributed by atoms with Gasteiger partial charge >= 0.3 is 0 Å². The second-order valence-corrected chi connectivity index (χ2v) is 6.42. The SMILES string of the molecule is O=C(Nc1cc(F)c(F)c(C(=O)C2=CNC3N=NC=CC23)c1)c1cccc(F)c1. The number of fused-ring (bicyclic) bond motifs is 1. The maximum absolute atomic E-state index is 14.4. The lowest BCUT2D eigenvalue weighted by Crippen LogP contribution is -2.26. The molecule has 0 aliphatic carbocycles. The van der Waals surface area contributed by atoms with Gasteiger partial charge in [-0.05, 0) is 24.3 Å². The lowest BCUT2D eigenvalue weighted by atomic mass is 9.92. The fourth-order valence-electron chi connectivity index (χ4n) is 3.13. The van der Waals surface area contributed by atoms with Crippen LogP contribution in [0.5, 0.6) is 0 Å². The van der Waals surface area contributed by atoms with Gasteiger partial charge in [0.15, 0.2) is 17.4 Å². The quantitative estimate of drug-likeness (QED) is 0.765. The molecule has 2 aliphatic rings. The molecule has 4 rings (SSSR count). The van der Waals surface area contributed by atoms with Gasteiger partial charge in [0.25, 0.3) is 5.91 Å². The van der Waals surface area contributed by atoms with Crippen molar-refractivity contribution in [2.24, 2.45) is 16.1 Å². The standard InChI is InChI=1S/C20H13F3N4O2/c21-11-3-1-2-10(6-11)20(29)26-12-7-14(17(23)16(22)8-12)18(28)15-9-24-19-13(15)4-5-25-27-19/h1-9,13,19,24H,(H,26,29). The van der Waals surface area contributed by atoms with E-state index in [1.54, 1.807) is 6.08 Å². The molecule has 1 amide bonds. The van der Waals surface area contributed by atoms with Gasteiger partial charge in [-0.25, -0.2) is 13.2 Å². The first-order chi connectivity index (χ1) is 13.9. The van der Waals surface area contributed by atoms with E-state index in [9.17, 15) is 22.8 Å². The third-order valence-corrected chi connectivity index (χ3v) is 4.54. The van der Waals surface area contributed by atoms with Crippen LogP contribution in [0.3, 0.4) is 0 Å². The molecule has 0 spiro atoms. The van der Waals surface area contributed by atoms with Gasteiger partial charge in [-0.15, -0.1) is 0 Å². The van der Waals surface area contributed by atoms with Crippen LogP contribution >= 0.6 is 0 Å². The maximum atomic E-state index is 14.4. The number of hydrogen-bond donors (Lipinski definition) is 2. The zero-order valence-corrected chi connectivity index (χ0v) is 14.7. The highest BCUT2D eigenvalue weighted by Crippen LogP contribution is 2.31. The molecule has 6 nitrogen and oxygen atoms in total. The van der Waals surface area contributed by atoms with Crippen LogP contribution in [0, 0.1) is 23.4 Å². The van der Waals surface area contributed by atoms with E-state index in [0.717, 1.165) is 18.2 Å². The van der Waals surface area contributed by atoms with E-state index in [2.05, 4.69) is 20.9 Å². The van der Waals surface area contributed by atoms with E-state index < -0.39 is 46.8 Å². The Labute approximate surface area is 162 Å². The number of ketones is 1. The molecule has 2 N–H and O–H groups in total. The zero-order valence-electron chi connectivity index (χ0n) is 14.7. The van der Waals surface area contributed by atoms with Crippen molar-refractivity contribution in [2.75, 3.05) is 5.32 Å².